The lowest BCUT2D eigenvalue weighted by molar-refractivity contribution is -0.123. The van der Waals surface area contributed by atoms with Crippen LogP contribution in [0, 0.1) is 0 Å². The highest BCUT2D eigenvalue weighted by molar-refractivity contribution is 5.76. The molecule has 0 aliphatic rings. The molecule has 0 rings (SSSR count). The number of hydrogen-bond donors (Lipinski definition) is 3. The second kappa shape index (κ2) is 27.7. The maximum Gasteiger partial charge on any atom is 0.220 e. The second-order valence-corrected chi connectivity index (χ2v) is 10.5. The molecule has 0 aromatic rings. The predicted octanol–water partition coefficient (Wildman–Crippen LogP) is 8.39. The summed E-state index contributed by atoms with van der Waals surface area (Å²) in [5, 5.41) is 22.7. The molecule has 35 heavy (non-hydrogen) atoms. The summed E-state index contributed by atoms with van der Waals surface area (Å²) in [5.41, 5.74) is 0. The number of nitrogens with one attached hydrogen (secondary N) is 1. The van der Waals surface area contributed by atoms with Crippen molar-refractivity contribution in [1.82, 2.24) is 5.32 Å². The molecule has 2 unspecified atom stereocenters. The molecule has 0 spiro atoms. The Labute approximate surface area is 218 Å². The first-order valence-electron chi connectivity index (χ1n) is 15.4. The van der Waals surface area contributed by atoms with E-state index in [9.17, 15) is 15.0 Å². The zero-order valence-electron chi connectivity index (χ0n) is 23.6. The van der Waals surface area contributed by atoms with Gasteiger partial charge in [-0.05, 0) is 19.3 Å². The van der Waals surface area contributed by atoms with Gasteiger partial charge in [-0.3, -0.25) is 4.79 Å². The lowest BCUT2D eigenvalue weighted by Crippen LogP contribution is -2.45. The van der Waals surface area contributed by atoms with Gasteiger partial charge < -0.3 is 15.5 Å². The van der Waals surface area contributed by atoms with Gasteiger partial charge in [0.2, 0.25) is 5.91 Å². The summed E-state index contributed by atoms with van der Waals surface area (Å²) in [4.78, 5) is 12.2. The van der Waals surface area contributed by atoms with Gasteiger partial charge in [-0.1, -0.05) is 148 Å². The van der Waals surface area contributed by atoms with Crippen LogP contribution in [-0.2, 0) is 4.79 Å². The van der Waals surface area contributed by atoms with Gasteiger partial charge in [0.1, 0.15) is 0 Å². The number of aliphatic hydroxyl groups is 2. The molecule has 0 heterocycles. The third-order valence-electron chi connectivity index (χ3n) is 7.02. The van der Waals surface area contributed by atoms with E-state index in [1.54, 1.807) is 6.08 Å². The molecule has 0 aromatic carbocycles. The molecule has 4 heteroatoms. The molecule has 0 saturated heterocycles. The summed E-state index contributed by atoms with van der Waals surface area (Å²) in [5.74, 6) is -0.0671. The zero-order valence-corrected chi connectivity index (χ0v) is 23.6. The summed E-state index contributed by atoms with van der Waals surface area (Å²) in [7, 11) is 0. The Morgan fingerprint density at radius 1 is 0.657 bits per heavy atom. The first-order chi connectivity index (χ1) is 17.2. The van der Waals surface area contributed by atoms with Gasteiger partial charge >= 0.3 is 0 Å². The van der Waals surface area contributed by atoms with E-state index in [1.165, 1.54) is 116 Å². The molecular weight excluding hydrogens is 434 g/mol. The van der Waals surface area contributed by atoms with Crippen molar-refractivity contribution in [3.63, 3.8) is 0 Å². The third kappa shape index (κ3) is 24.6. The average Bonchev–Trinajstić information content (AvgIpc) is 2.86. The molecular formula is C31H61NO3. The highest BCUT2D eigenvalue weighted by Gasteiger charge is 2.17. The van der Waals surface area contributed by atoms with E-state index in [4.69, 9.17) is 0 Å². The van der Waals surface area contributed by atoms with Crippen LogP contribution in [0.15, 0.2) is 12.2 Å². The Hall–Kier alpha value is -0.870. The van der Waals surface area contributed by atoms with Crippen molar-refractivity contribution in [2.45, 2.75) is 174 Å². The van der Waals surface area contributed by atoms with Gasteiger partial charge in [-0.25, -0.2) is 0 Å². The fraction of sp³-hybridized carbons (Fsp3) is 0.903. The van der Waals surface area contributed by atoms with Crippen LogP contribution in [0.1, 0.15) is 162 Å². The Morgan fingerprint density at radius 2 is 1.06 bits per heavy atom. The molecule has 0 bridgehead atoms. The van der Waals surface area contributed by atoms with Crippen LogP contribution in [0.5, 0.6) is 0 Å². The van der Waals surface area contributed by atoms with Gasteiger partial charge in [0.05, 0.1) is 18.8 Å². The lowest BCUT2D eigenvalue weighted by atomic mass is 10.0. The fourth-order valence-electron chi connectivity index (χ4n) is 4.59. The normalized spacial score (nSPS) is 13.4. The topological polar surface area (TPSA) is 69.6 Å². The number of unbranched alkanes of at least 4 members (excludes halogenated alkanes) is 20. The largest absolute Gasteiger partial charge is 0.394 e. The number of hydrogen-bond acceptors (Lipinski definition) is 3. The van der Waals surface area contributed by atoms with E-state index in [1.807, 2.05) is 6.08 Å². The minimum Gasteiger partial charge on any atom is -0.394 e. The van der Waals surface area contributed by atoms with Crippen LogP contribution < -0.4 is 5.32 Å². The monoisotopic (exact) mass is 495 g/mol. The summed E-state index contributed by atoms with van der Waals surface area (Å²) in [6.45, 7) is 4.26. The number of aliphatic hydroxyl groups excluding tert-OH is 2. The van der Waals surface area contributed by atoms with Gasteiger partial charge in [0.25, 0.3) is 0 Å². The van der Waals surface area contributed by atoms with Crippen molar-refractivity contribution in [3.05, 3.63) is 12.2 Å². The van der Waals surface area contributed by atoms with Crippen molar-refractivity contribution < 1.29 is 15.0 Å². The summed E-state index contributed by atoms with van der Waals surface area (Å²) in [6.07, 6.45) is 31.4. The number of rotatable bonds is 27. The first kappa shape index (κ1) is 34.1. The molecule has 0 radical (unpaired) electrons. The number of amides is 1. The standard InChI is InChI=1S/C31H61NO3/c1-3-5-7-9-11-13-14-15-16-17-19-21-23-25-27-31(35)32-29(28-33)30(34)26-24-22-20-18-12-10-8-6-4-2/h24,26,29-30,33-34H,3-23,25,27-28H2,1-2H3,(H,32,35)/b26-24+. The lowest BCUT2D eigenvalue weighted by Gasteiger charge is -2.20. The van der Waals surface area contributed by atoms with Gasteiger partial charge in [-0.2, -0.15) is 0 Å². The van der Waals surface area contributed by atoms with Crippen LogP contribution >= 0.6 is 0 Å². The quantitative estimate of drug-likeness (QED) is 0.0791. The van der Waals surface area contributed by atoms with Gasteiger partial charge in [0.15, 0.2) is 0 Å². The molecule has 0 fully saturated rings. The molecule has 0 saturated carbocycles. The smallest absolute Gasteiger partial charge is 0.220 e. The van der Waals surface area contributed by atoms with E-state index in [0.29, 0.717) is 6.42 Å². The number of carbonyl (C=O) groups excluding carboxylic acids is 1. The highest BCUT2D eigenvalue weighted by atomic mass is 16.3. The first-order valence-corrected chi connectivity index (χ1v) is 15.4. The maximum absolute atomic E-state index is 12.2. The maximum atomic E-state index is 12.2. The molecule has 3 N–H and O–H groups in total. The third-order valence-corrected chi connectivity index (χ3v) is 7.02. The molecule has 0 aliphatic carbocycles. The minimum atomic E-state index is -0.829. The van der Waals surface area contributed by atoms with E-state index in [0.717, 1.165) is 25.7 Å². The van der Waals surface area contributed by atoms with Crippen molar-refractivity contribution in [1.29, 1.82) is 0 Å². The highest BCUT2D eigenvalue weighted by Crippen LogP contribution is 2.13. The molecule has 0 aliphatic heterocycles. The number of carbonyl (C=O) groups is 1. The minimum absolute atomic E-state index is 0.0671. The SMILES string of the molecule is CCCCCCCCC/C=C/C(O)C(CO)NC(=O)CCCCCCCCCCCCCCCC. The van der Waals surface area contributed by atoms with Crippen molar-refractivity contribution >= 4 is 5.91 Å². The van der Waals surface area contributed by atoms with Gasteiger partial charge in [0, 0.05) is 6.42 Å². The molecule has 0 aromatic heterocycles. The van der Waals surface area contributed by atoms with Crippen LogP contribution in [0.4, 0.5) is 0 Å². The Balaban J connectivity index is 3.63. The van der Waals surface area contributed by atoms with Crippen LogP contribution in [0.3, 0.4) is 0 Å². The zero-order chi connectivity index (χ0) is 25.8. The Morgan fingerprint density at radius 3 is 1.49 bits per heavy atom. The van der Waals surface area contributed by atoms with E-state index in [2.05, 4.69) is 19.2 Å². The Bertz CT molecular complexity index is 466. The van der Waals surface area contributed by atoms with Gasteiger partial charge in [-0.15, -0.1) is 0 Å². The van der Waals surface area contributed by atoms with Crippen molar-refractivity contribution in [2.24, 2.45) is 0 Å². The number of allylic oxidation sites excluding steroid dienone is 1. The summed E-state index contributed by atoms with van der Waals surface area (Å²) >= 11 is 0. The van der Waals surface area contributed by atoms with Crippen LogP contribution in [-0.4, -0.2) is 34.9 Å². The van der Waals surface area contributed by atoms with Crippen LogP contribution in [0.25, 0.3) is 0 Å². The molecule has 4 nitrogen and oxygen atoms in total. The van der Waals surface area contributed by atoms with Crippen molar-refractivity contribution in [3.8, 4) is 0 Å². The molecule has 208 valence electrons. The second-order valence-electron chi connectivity index (χ2n) is 10.5. The van der Waals surface area contributed by atoms with E-state index >= 15 is 0 Å². The predicted molar refractivity (Wildman–Crippen MR) is 152 cm³/mol. The summed E-state index contributed by atoms with van der Waals surface area (Å²) < 4.78 is 0. The Kier molecular flexibility index (Phi) is 27.0. The molecule has 2 atom stereocenters. The van der Waals surface area contributed by atoms with E-state index in [-0.39, 0.29) is 12.5 Å². The average molecular weight is 496 g/mol. The van der Waals surface area contributed by atoms with E-state index < -0.39 is 12.1 Å². The fourth-order valence-corrected chi connectivity index (χ4v) is 4.59. The molecule has 1 amide bonds. The summed E-state index contributed by atoms with van der Waals surface area (Å²) in [6, 6.07) is -0.612. The van der Waals surface area contributed by atoms with Crippen molar-refractivity contribution in [2.75, 3.05) is 6.61 Å². The van der Waals surface area contributed by atoms with Crippen LogP contribution in [0.2, 0.25) is 0 Å².